The predicted octanol–water partition coefficient (Wildman–Crippen LogP) is 3.55. The van der Waals surface area contributed by atoms with Gasteiger partial charge in [-0.1, -0.05) is 6.08 Å². The van der Waals surface area contributed by atoms with Crippen LogP contribution in [-0.4, -0.2) is 12.2 Å². The quantitative estimate of drug-likeness (QED) is 0.628. The van der Waals surface area contributed by atoms with Gasteiger partial charge in [-0.25, -0.2) is 0 Å². The van der Waals surface area contributed by atoms with Crippen LogP contribution in [0.2, 0.25) is 0 Å². The molecule has 4 bridgehead atoms. The third-order valence-corrected chi connectivity index (χ3v) is 4.84. The maximum absolute atomic E-state index is 6.18. The van der Waals surface area contributed by atoms with Crippen molar-refractivity contribution < 1.29 is 4.74 Å². The second kappa shape index (κ2) is 3.35. The van der Waals surface area contributed by atoms with Crippen LogP contribution in [0, 0.1) is 17.8 Å². The Morgan fingerprint density at radius 2 is 1.93 bits per heavy atom. The fourth-order valence-corrected chi connectivity index (χ4v) is 4.75. The van der Waals surface area contributed by atoms with Crippen LogP contribution in [-0.2, 0) is 4.74 Å². The summed E-state index contributed by atoms with van der Waals surface area (Å²) in [6.45, 7) is 5.23. The van der Waals surface area contributed by atoms with Crippen LogP contribution in [0.25, 0.3) is 0 Å². The lowest BCUT2D eigenvalue weighted by Gasteiger charge is -2.58. The highest BCUT2D eigenvalue weighted by molar-refractivity contribution is 5.28. The minimum atomic E-state index is 0.179. The summed E-state index contributed by atoms with van der Waals surface area (Å²) in [5.74, 6) is 2.81. The first-order valence-electron chi connectivity index (χ1n) is 6.58. The molecule has 4 fully saturated rings. The molecular weight excluding hydrogens is 184 g/mol. The molecule has 0 aliphatic heterocycles. The van der Waals surface area contributed by atoms with E-state index in [4.69, 9.17) is 4.74 Å². The summed E-state index contributed by atoms with van der Waals surface area (Å²) in [5.41, 5.74) is 1.83. The van der Waals surface area contributed by atoms with Crippen molar-refractivity contribution in [2.24, 2.45) is 17.8 Å². The summed E-state index contributed by atoms with van der Waals surface area (Å²) in [6, 6.07) is 0. The highest BCUT2D eigenvalue weighted by Gasteiger charge is 2.54. The van der Waals surface area contributed by atoms with E-state index < -0.39 is 0 Å². The molecule has 2 unspecified atom stereocenters. The van der Waals surface area contributed by atoms with Gasteiger partial charge < -0.3 is 4.74 Å². The Kier molecular flexibility index (Phi) is 2.21. The largest absolute Gasteiger partial charge is 0.371 e. The van der Waals surface area contributed by atoms with Gasteiger partial charge in [-0.3, -0.25) is 0 Å². The Bertz CT molecular complexity index is 278. The fourth-order valence-electron chi connectivity index (χ4n) is 4.75. The van der Waals surface area contributed by atoms with Gasteiger partial charge in [-0.15, -0.1) is 0 Å². The summed E-state index contributed by atoms with van der Waals surface area (Å²) in [4.78, 5) is 0. The fraction of sp³-hybridized carbons (Fsp3) is 0.857. The second-order valence-electron chi connectivity index (χ2n) is 5.72. The molecule has 84 valence electrons. The van der Waals surface area contributed by atoms with E-state index in [1.165, 1.54) is 32.1 Å². The number of allylic oxidation sites excluding steroid dienone is 1. The lowest BCUT2D eigenvalue weighted by atomic mass is 9.52. The maximum Gasteiger partial charge on any atom is 0.0899 e. The van der Waals surface area contributed by atoms with E-state index >= 15 is 0 Å². The van der Waals surface area contributed by atoms with E-state index in [9.17, 15) is 0 Å². The predicted molar refractivity (Wildman–Crippen MR) is 61.7 cm³/mol. The average molecular weight is 206 g/mol. The number of ether oxygens (including phenoxy) is 1. The molecule has 1 nitrogen and oxygen atoms in total. The normalized spacial score (nSPS) is 50.3. The lowest BCUT2D eigenvalue weighted by Crippen LogP contribution is -2.53. The lowest BCUT2D eigenvalue weighted by molar-refractivity contribution is -0.117. The van der Waals surface area contributed by atoms with Gasteiger partial charge in [-0.2, -0.15) is 0 Å². The summed E-state index contributed by atoms with van der Waals surface area (Å²) in [7, 11) is 0. The Hall–Kier alpha value is -0.300. The van der Waals surface area contributed by atoms with Crippen molar-refractivity contribution >= 4 is 0 Å². The van der Waals surface area contributed by atoms with Gasteiger partial charge in [0.05, 0.1) is 5.60 Å². The highest BCUT2D eigenvalue weighted by Crippen LogP contribution is 2.59. The molecule has 0 aromatic heterocycles. The topological polar surface area (TPSA) is 9.23 Å². The SMILES string of the molecule is C/C=C1\C2CC3CC(C2)CC1(OCC)C3. The van der Waals surface area contributed by atoms with Gasteiger partial charge >= 0.3 is 0 Å². The molecule has 4 rings (SSSR count). The van der Waals surface area contributed by atoms with E-state index in [0.717, 1.165) is 24.4 Å². The molecule has 0 aromatic rings. The van der Waals surface area contributed by atoms with Crippen LogP contribution in [0.5, 0.6) is 0 Å². The molecule has 0 saturated heterocycles. The first-order chi connectivity index (χ1) is 7.27. The van der Waals surface area contributed by atoms with E-state index in [1.807, 2.05) is 0 Å². The molecule has 4 aliphatic carbocycles. The smallest absolute Gasteiger partial charge is 0.0899 e. The number of hydrogen-bond acceptors (Lipinski definition) is 1. The molecule has 0 spiro atoms. The van der Waals surface area contributed by atoms with Crippen LogP contribution >= 0.6 is 0 Å². The summed E-state index contributed by atoms with van der Waals surface area (Å²) >= 11 is 0. The summed E-state index contributed by atoms with van der Waals surface area (Å²) in [6.07, 6.45) is 9.37. The molecule has 0 amide bonds. The summed E-state index contributed by atoms with van der Waals surface area (Å²) < 4.78 is 6.18. The van der Waals surface area contributed by atoms with Crippen molar-refractivity contribution in [2.45, 2.75) is 51.6 Å². The van der Waals surface area contributed by atoms with Gasteiger partial charge in [0.1, 0.15) is 0 Å². The van der Waals surface area contributed by atoms with Crippen molar-refractivity contribution in [3.05, 3.63) is 11.6 Å². The zero-order valence-corrected chi connectivity index (χ0v) is 9.96. The number of hydrogen-bond donors (Lipinski definition) is 0. The van der Waals surface area contributed by atoms with Crippen molar-refractivity contribution in [2.75, 3.05) is 6.61 Å². The molecule has 0 N–H and O–H groups in total. The third kappa shape index (κ3) is 1.32. The summed E-state index contributed by atoms with van der Waals surface area (Å²) in [5, 5.41) is 0. The Morgan fingerprint density at radius 1 is 1.27 bits per heavy atom. The molecule has 0 aromatic carbocycles. The Labute approximate surface area is 92.9 Å². The molecule has 15 heavy (non-hydrogen) atoms. The molecule has 4 aliphatic rings. The first-order valence-corrected chi connectivity index (χ1v) is 6.58. The van der Waals surface area contributed by atoms with Gasteiger partial charge in [-0.05, 0) is 69.3 Å². The molecule has 0 heterocycles. The van der Waals surface area contributed by atoms with Gasteiger partial charge in [0.2, 0.25) is 0 Å². The average Bonchev–Trinajstić information content (AvgIpc) is 2.16. The van der Waals surface area contributed by atoms with Crippen molar-refractivity contribution in [1.29, 1.82) is 0 Å². The van der Waals surface area contributed by atoms with Gasteiger partial charge in [0.15, 0.2) is 0 Å². The standard InChI is InChI=1S/C14H22O/c1-3-13-12-6-10-5-11(7-12)9-14(13,8-10)15-4-2/h3,10-12H,4-9H2,1-2H3/b13-3+. The third-order valence-electron chi connectivity index (χ3n) is 4.84. The van der Waals surface area contributed by atoms with Crippen molar-refractivity contribution in [3.8, 4) is 0 Å². The van der Waals surface area contributed by atoms with Gasteiger partial charge in [0.25, 0.3) is 0 Å². The van der Waals surface area contributed by atoms with Gasteiger partial charge in [0, 0.05) is 6.61 Å². The Morgan fingerprint density at radius 3 is 2.47 bits per heavy atom. The number of rotatable bonds is 2. The Balaban J connectivity index is 1.97. The van der Waals surface area contributed by atoms with Crippen molar-refractivity contribution in [3.63, 3.8) is 0 Å². The molecular formula is C14H22O. The minimum absolute atomic E-state index is 0.179. The monoisotopic (exact) mass is 206 g/mol. The second-order valence-corrected chi connectivity index (χ2v) is 5.72. The van der Waals surface area contributed by atoms with Crippen LogP contribution in [0.3, 0.4) is 0 Å². The maximum atomic E-state index is 6.18. The van der Waals surface area contributed by atoms with Crippen LogP contribution in [0.15, 0.2) is 11.6 Å². The molecule has 4 saturated carbocycles. The van der Waals surface area contributed by atoms with E-state index in [0.29, 0.717) is 0 Å². The molecule has 2 atom stereocenters. The first kappa shape index (κ1) is 9.89. The van der Waals surface area contributed by atoms with E-state index in [-0.39, 0.29) is 5.60 Å². The van der Waals surface area contributed by atoms with E-state index in [2.05, 4.69) is 19.9 Å². The zero-order valence-electron chi connectivity index (χ0n) is 9.96. The minimum Gasteiger partial charge on any atom is -0.371 e. The van der Waals surface area contributed by atoms with Crippen molar-refractivity contribution in [1.82, 2.24) is 0 Å². The van der Waals surface area contributed by atoms with Crippen LogP contribution < -0.4 is 0 Å². The van der Waals surface area contributed by atoms with Crippen LogP contribution in [0.4, 0.5) is 0 Å². The molecule has 1 heteroatoms. The highest BCUT2D eigenvalue weighted by atomic mass is 16.5. The zero-order chi connectivity index (χ0) is 10.5. The van der Waals surface area contributed by atoms with Crippen LogP contribution in [0.1, 0.15) is 46.0 Å². The molecule has 0 radical (unpaired) electrons. The van der Waals surface area contributed by atoms with E-state index in [1.54, 1.807) is 5.57 Å².